The van der Waals surface area contributed by atoms with Crippen LogP contribution in [0.15, 0.2) is 17.1 Å². The minimum atomic E-state index is 0.688. The molecule has 0 saturated heterocycles. The van der Waals surface area contributed by atoms with Crippen molar-refractivity contribution in [2.45, 2.75) is 45.4 Å². The topological polar surface area (TPSA) is 24.4 Å². The van der Waals surface area contributed by atoms with Gasteiger partial charge in [-0.1, -0.05) is 38.5 Å². The summed E-state index contributed by atoms with van der Waals surface area (Å²) >= 11 is 3.80. The lowest BCUT2D eigenvalue weighted by Crippen LogP contribution is -2.21. The van der Waals surface area contributed by atoms with Crippen molar-refractivity contribution in [1.82, 2.24) is 5.32 Å². The van der Waals surface area contributed by atoms with E-state index in [1.54, 1.807) is 0 Å². The van der Waals surface area contributed by atoms with Crippen LogP contribution in [0.4, 0.5) is 0 Å². The third-order valence-electron chi connectivity index (χ3n) is 3.46. The fourth-order valence-corrected chi connectivity index (χ4v) is 4.44. The Kier molecular flexibility index (Phi) is 5.13. The highest BCUT2D eigenvalue weighted by Crippen LogP contribution is 2.30. The summed E-state index contributed by atoms with van der Waals surface area (Å²) in [5.74, 6) is 0.807. The lowest BCUT2D eigenvalue weighted by Gasteiger charge is -2.18. The average Bonchev–Trinajstić information content (AvgIpc) is 2.98. The van der Waals surface area contributed by atoms with Crippen LogP contribution in [0, 0.1) is 12.8 Å². The molecule has 0 radical (unpaired) electrons. The minimum Gasteiger partial charge on any atom is -0.360 e. The highest BCUT2D eigenvalue weighted by Gasteiger charge is 2.25. The van der Waals surface area contributed by atoms with Crippen molar-refractivity contribution in [3.8, 4) is 0 Å². The zero-order valence-corrected chi connectivity index (χ0v) is 13.0. The molecule has 1 unspecified atom stereocenters. The molecule has 1 aliphatic rings. The zero-order chi connectivity index (χ0) is 13.0. The van der Waals surface area contributed by atoms with Gasteiger partial charge in [0.05, 0.1) is 13.1 Å². The SMILES string of the molecule is CCC(CC)C1CN=C(NCc2ccc(C)s2)S1. The van der Waals surface area contributed by atoms with Gasteiger partial charge >= 0.3 is 0 Å². The monoisotopic (exact) mass is 282 g/mol. The number of thioether (sulfide) groups is 1. The number of nitrogens with one attached hydrogen (secondary N) is 1. The normalized spacial score (nSPS) is 19.3. The maximum absolute atomic E-state index is 4.63. The van der Waals surface area contributed by atoms with E-state index in [-0.39, 0.29) is 0 Å². The van der Waals surface area contributed by atoms with Gasteiger partial charge in [0, 0.05) is 15.0 Å². The maximum atomic E-state index is 4.63. The smallest absolute Gasteiger partial charge is 0.157 e. The zero-order valence-electron chi connectivity index (χ0n) is 11.4. The summed E-state index contributed by atoms with van der Waals surface area (Å²) in [4.78, 5) is 7.40. The predicted molar refractivity (Wildman–Crippen MR) is 83.6 cm³/mol. The van der Waals surface area contributed by atoms with Crippen LogP contribution in [0.3, 0.4) is 0 Å². The Hall–Kier alpha value is -0.480. The Balaban J connectivity index is 1.79. The molecular weight excluding hydrogens is 260 g/mol. The summed E-state index contributed by atoms with van der Waals surface area (Å²) in [6.45, 7) is 8.63. The number of aryl methyl sites for hydroxylation is 1. The van der Waals surface area contributed by atoms with Crippen LogP contribution >= 0.6 is 23.1 Å². The summed E-state index contributed by atoms with van der Waals surface area (Å²) in [5.41, 5.74) is 0. The summed E-state index contributed by atoms with van der Waals surface area (Å²) < 4.78 is 0. The molecule has 0 spiro atoms. The molecule has 0 bridgehead atoms. The third-order valence-corrected chi connectivity index (χ3v) is 5.80. The van der Waals surface area contributed by atoms with Crippen LogP contribution in [0.1, 0.15) is 36.4 Å². The van der Waals surface area contributed by atoms with Crippen molar-refractivity contribution in [2.75, 3.05) is 6.54 Å². The molecular formula is C14H22N2S2. The van der Waals surface area contributed by atoms with E-state index < -0.39 is 0 Å². The molecule has 0 amide bonds. The number of nitrogens with zero attached hydrogens (tertiary/aromatic N) is 1. The number of amidine groups is 1. The third kappa shape index (κ3) is 3.51. The molecule has 1 atom stereocenters. The molecule has 1 aliphatic heterocycles. The molecule has 0 fully saturated rings. The van der Waals surface area contributed by atoms with Gasteiger partial charge in [-0.15, -0.1) is 11.3 Å². The van der Waals surface area contributed by atoms with Gasteiger partial charge in [0.1, 0.15) is 0 Å². The number of hydrogen-bond donors (Lipinski definition) is 1. The average molecular weight is 282 g/mol. The van der Waals surface area contributed by atoms with Crippen LogP contribution in [-0.4, -0.2) is 17.0 Å². The van der Waals surface area contributed by atoms with Crippen LogP contribution in [0.25, 0.3) is 0 Å². The molecule has 0 aromatic carbocycles. The van der Waals surface area contributed by atoms with Gasteiger partial charge in [-0.2, -0.15) is 0 Å². The first-order valence-corrected chi connectivity index (χ1v) is 8.42. The van der Waals surface area contributed by atoms with Gasteiger partial charge in [0.25, 0.3) is 0 Å². The first-order chi connectivity index (χ1) is 8.72. The highest BCUT2D eigenvalue weighted by atomic mass is 32.2. The lowest BCUT2D eigenvalue weighted by atomic mass is 9.99. The minimum absolute atomic E-state index is 0.688. The van der Waals surface area contributed by atoms with Gasteiger partial charge in [-0.3, -0.25) is 4.99 Å². The van der Waals surface area contributed by atoms with Crippen molar-refractivity contribution in [3.63, 3.8) is 0 Å². The Labute approximate surface area is 118 Å². The fourth-order valence-electron chi connectivity index (χ4n) is 2.29. The number of hydrogen-bond acceptors (Lipinski definition) is 4. The van der Waals surface area contributed by atoms with Crippen molar-refractivity contribution in [2.24, 2.45) is 10.9 Å². The molecule has 1 aromatic rings. The standard InChI is InChI=1S/C14H22N2S2/c1-4-11(5-2)13-9-16-14(18-13)15-8-12-7-6-10(3)17-12/h6-7,11,13H,4-5,8-9H2,1-3H3,(H,15,16). The highest BCUT2D eigenvalue weighted by molar-refractivity contribution is 8.14. The first-order valence-electron chi connectivity index (χ1n) is 6.73. The number of aliphatic imine (C=N–C) groups is 1. The van der Waals surface area contributed by atoms with Gasteiger partial charge in [-0.25, -0.2) is 0 Å². The van der Waals surface area contributed by atoms with Crippen molar-refractivity contribution >= 4 is 28.3 Å². The Morgan fingerprint density at radius 1 is 1.39 bits per heavy atom. The second-order valence-electron chi connectivity index (χ2n) is 4.74. The molecule has 2 nitrogen and oxygen atoms in total. The Bertz CT molecular complexity index is 408. The van der Waals surface area contributed by atoms with Gasteiger partial charge < -0.3 is 5.32 Å². The van der Waals surface area contributed by atoms with Gasteiger partial charge in [0.2, 0.25) is 0 Å². The van der Waals surface area contributed by atoms with E-state index in [0.29, 0.717) is 5.25 Å². The molecule has 1 aromatic heterocycles. The maximum Gasteiger partial charge on any atom is 0.157 e. The van der Waals surface area contributed by atoms with E-state index in [2.05, 4.69) is 43.2 Å². The van der Waals surface area contributed by atoms with Crippen LogP contribution in [-0.2, 0) is 6.54 Å². The molecule has 18 heavy (non-hydrogen) atoms. The van der Waals surface area contributed by atoms with E-state index in [9.17, 15) is 0 Å². The second-order valence-corrected chi connectivity index (χ2v) is 7.34. The molecule has 4 heteroatoms. The largest absolute Gasteiger partial charge is 0.360 e. The fraction of sp³-hybridized carbons (Fsp3) is 0.643. The molecule has 1 N–H and O–H groups in total. The van der Waals surface area contributed by atoms with E-state index >= 15 is 0 Å². The van der Waals surface area contributed by atoms with Crippen molar-refractivity contribution in [1.29, 1.82) is 0 Å². The molecule has 2 heterocycles. The van der Waals surface area contributed by atoms with Crippen LogP contribution in [0.5, 0.6) is 0 Å². The Morgan fingerprint density at radius 2 is 2.17 bits per heavy atom. The first kappa shape index (κ1) is 13.9. The molecule has 0 saturated carbocycles. The van der Waals surface area contributed by atoms with Gasteiger partial charge in [0.15, 0.2) is 5.17 Å². The van der Waals surface area contributed by atoms with Crippen molar-refractivity contribution < 1.29 is 0 Å². The number of rotatable bonds is 5. The van der Waals surface area contributed by atoms with Crippen LogP contribution in [0.2, 0.25) is 0 Å². The second kappa shape index (κ2) is 6.62. The van der Waals surface area contributed by atoms with E-state index in [4.69, 9.17) is 0 Å². The summed E-state index contributed by atoms with van der Waals surface area (Å²) in [6, 6.07) is 4.38. The summed E-state index contributed by atoms with van der Waals surface area (Å²) in [5, 5.41) is 5.29. The summed E-state index contributed by atoms with van der Waals surface area (Å²) in [7, 11) is 0. The number of thiophene rings is 1. The lowest BCUT2D eigenvalue weighted by molar-refractivity contribution is 0.479. The van der Waals surface area contributed by atoms with Crippen molar-refractivity contribution in [3.05, 3.63) is 21.9 Å². The molecule has 2 rings (SSSR count). The van der Waals surface area contributed by atoms with E-state index in [0.717, 1.165) is 24.2 Å². The quantitative estimate of drug-likeness (QED) is 0.881. The van der Waals surface area contributed by atoms with Gasteiger partial charge in [-0.05, 0) is 25.0 Å². The Morgan fingerprint density at radius 3 is 2.78 bits per heavy atom. The predicted octanol–water partition coefficient (Wildman–Crippen LogP) is 4.05. The van der Waals surface area contributed by atoms with Crippen LogP contribution < -0.4 is 5.32 Å². The molecule has 0 aliphatic carbocycles. The van der Waals surface area contributed by atoms with E-state index in [1.807, 2.05) is 23.1 Å². The molecule has 100 valence electrons. The summed E-state index contributed by atoms with van der Waals surface area (Å²) in [6.07, 6.45) is 2.53. The van der Waals surface area contributed by atoms with E-state index in [1.165, 1.54) is 22.6 Å².